The van der Waals surface area contributed by atoms with Crippen molar-refractivity contribution in [1.29, 1.82) is 0 Å². The molecule has 0 aliphatic carbocycles. The van der Waals surface area contributed by atoms with Gasteiger partial charge in [-0.1, -0.05) is 0 Å². The number of aliphatic hydroxyl groups excluding tert-OH is 1. The number of pyridine rings is 1. The molecule has 1 aromatic rings. The van der Waals surface area contributed by atoms with Gasteiger partial charge in [0.05, 0.1) is 11.0 Å². The molecule has 2 unspecified atom stereocenters. The molecule has 1 aliphatic rings. The number of aliphatic hydroxyl groups is 1. The Morgan fingerprint density at radius 1 is 1.60 bits per heavy atom. The van der Waals surface area contributed by atoms with Crippen molar-refractivity contribution in [3.8, 4) is 0 Å². The molecule has 7 nitrogen and oxygen atoms in total. The molecule has 1 aromatic heterocycles. The fourth-order valence-electron chi connectivity index (χ4n) is 2.72. The summed E-state index contributed by atoms with van der Waals surface area (Å²) >= 11 is 0. The molecule has 2 atom stereocenters. The highest BCUT2D eigenvalue weighted by molar-refractivity contribution is 5.62. The average molecular weight is 280 g/mol. The summed E-state index contributed by atoms with van der Waals surface area (Å²) in [5.74, 6) is 0.360. The van der Waals surface area contributed by atoms with Crippen molar-refractivity contribution >= 4 is 11.5 Å². The van der Waals surface area contributed by atoms with Crippen LogP contribution in [0.3, 0.4) is 0 Å². The van der Waals surface area contributed by atoms with Gasteiger partial charge in [0.25, 0.3) is 0 Å². The van der Waals surface area contributed by atoms with E-state index in [4.69, 9.17) is 0 Å². The minimum atomic E-state index is -0.470. The zero-order valence-electron chi connectivity index (χ0n) is 12.0. The van der Waals surface area contributed by atoms with Crippen LogP contribution in [0.2, 0.25) is 0 Å². The Kier molecular flexibility index (Phi) is 4.20. The molecule has 0 bridgehead atoms. The van der Waals surface area contributed by atoms with E-state index in [0.717, 1.165) is 6.54 Å². The van der Waals surface area contributed by atoms with Crippen LogP contribution < -0.4 is 4.90 Å². The van der Waals surface area contributed by atoms with Crippen LogP contribution in [0.15, 0.2) is 12.3 Å². The van der Waals surface area contributed by atoms with Crippen LogP contribution in [-0.4, -0.2) is 59.2 Å². The molecular formula is C13H20N4O3. The summed E-state index contributed by atoms with van der Waals surface area (Å²) in [6, 6.07) is 1.67. The van der Waals surface area contributed by atoms with Gasteiger partial charge in [-0.2, -0.15) is 0 Å². The van der Waals surface area contributed by atoms with Crippen molar-refractivity contribution in [2.75, 3.05) is 32.1 Å². The minimum Gasteiger partial charge on any atom is -0.391 e. The Balaban J connectivity index is 2.39. The van der Waals surface area contributed by atoms with E-state index in [1.807, 2.05) is 23.9 Å². The van der Waals surface area contributed by atoms with E-state index >= 15 is 0 Å². The Morgan fingerprint density at radius 2 is 2.30 bits per heavy atom. The van der Waals surface area contributed by atoms with Crippen molar-refractivity contribution in [3.63, 3.8) is 0 Å². The average Bonchev–Trinajstić information content (AvgIpc) is 2.68. The first-order chi connectivity index (χ1) is 9.40. The quantitative estimate of drug-likeness (QED) is 0.649. The second kappa shape index (κ2) is 5.72. The second-order valence-corrected chi connectivity index (χ2v) is 5.52. The Morgan fingerprint density at radius 3 is 2.90 bits per heavy atom. The van der Waals surface area contributed by atoms with Gasteiger partial charge in [-0.3, -0.25) is 10.1 Å². The van der Waals surface area contributed by atoms with E-state index in [2.05, 4.69) is 4.98 Å². The number of likely N-dealkylation sites (N-methyl/N-ethyl adjacent to an activating group) is 1. The summed E-state index contributed by atoms with van der Waals surface area (Å²) in [5.41, 5.74) is 0.621. The maximum atomic E-state index is 11.3. The Hall–Kier alpha value is -1.73. The van der Waals surface area contributed by atoms with Crippen molar-refractivity contribution in [1.82, 2.24) is 9.88 Å². The molecule has 110 valence electrons. The third-order valence-electron chi connectivity index (χ3n) is 3.53. The molecule has 1 N–H and O–H groups in total. The first-order valence-electron chi connectivity index (χ1n) is 6.59. The molecular weight excluding hydrogens is 260 g/mol. The molecule has 0 amide bonds. The zero-order valence-corrected chi connectivity index (χ0v) is 12.0. The van der Waals surface area contributed by atoms with E-state index in [9.17, 15) is 15.2 Å². The highest BCUT2D eigenvalue weighted by Gasteiger charge is 2.36. The largest absolute Gasteiger partial charge is 0.391 e. The molecule has 0 spiro atoms. The number of hydrogen-bond donors (Lipinski definition) is 1. The monoisotopic (exact) mass is 280 g/mol. The van der Waals surface area contributed by atoms with Gasteiger partial charge in [-0.05, 0) is 33.5 Å². The fraction of sp³-hybridized carbons (Fsp3) is 0.615. The summed E-state index contributed by atoms with van der Waals surface area (Å²) in [5, 5.41) is 21.2. The summed E-state index contributed by atoms with van der Waals surface area (Å²) in [6.07, 6.45) is 1.71. The van der Waals surface area contributed by atoms with Gasteiger partial charge in [0.15, 0.2) is 0 Å². The summed E-state index contributed by atoms with van der Waals surface area (Å²) < 4.78 is 0. The number of nitro groups is 1. The first kappa shape index (κ1) is 14.7. The van der Waals surface area contributed by atoms with Crippen LogP contribution in [-0.2, 0) is 0 Å². The minimum absolute atomic E-state index is 0.0327. The van der Waals surface area contributed by atoms with Gasteiger partial charge in [0.2, 0.25) is 5.82 Å². The SMILES string of the molecule is Cc1ccnc(N2CC(O)CC2CN(C)C)c1[N+](=O)[O-]. The highest BCUT2D eigenvalue weighted by atomic mass is 16.6. The maximum Gasteiger partial charge on any atom is 0.314 e. The fourth-order valence-corrected chi connectivity index (χ4v) is 2.72. The topological polar surface area (TPSA) is 82.7 Å². The third kappa shape index (κ3) is 2.88. The molecule has 0 radical (unpaired) electrons. The molecule has 1 aliphatic heterocycles. The zero-order chi connectivity index (χ0) is 14.9. The normalized spacial score (nSPS) is 22.6. The van der Waals surface area contributed by atoms with Gasteiger partial charge >= 0.3 is 5.69 Å². The number of hydrogen-bond acceptors (Lipinski definition) is 6. The standard InChI is InChI=1S/C13H20N4O3/c1-9-4-5-14-13(12(9)17(19)20)16-8-11(18)6-10(16)7-15(2)3/h4-5,10-11,18H,6-8H2,1-3H3. The first-order valence-corrected chi connectivity index (χ1v) is 6.59. The number of nitrogens with zero attached hydrogens (tertiary/aromatic N) is 4. The van der Waals surface area contributed by atoms with Crippen LogP contribution in [0.5, 0.6) is 0 Å². The van der Waals surface area contributed by atoms with Crippen molar-refractivity contribution in [3.05, 3.63) is 27.9 Å². The second-order valence-electron chi connectivity index (χ2n) is 5.52. The van der Waals surface area contributed by atoms with Gasteiger partial charge in [0.1, 0.15) is 0 Å². The molecule has 1 fully saturated rings. The molecule has 2 rings (SSSR count). The molecule has 7 heteroatoms. The van der Waals surface area contributed by atoms with Crippen LogP contribution in [0.4, 0.5) is 11.5 Å². The summed E-state index contributed by atoms with van der Waals surface area (Å²) in [7, 11) is 3.89. The molecule has 0 aromatic carbocycles. The van der Waals surface area contributed by atoms with Crippen molar-refractivity contribution < 1.29 is 10.0 Å². The number of rotatable bonds is 4. The lowest BCUT2D eigenvalue weighted by Crippen LogP contribution is -2.38. The van der Waals surface area contributed by atoms with E-state index in [1.165, 1.54) is 0 Å². The number of aryl methyl sites for hydroxylation is 1. The lowest BCUT2D eigenvalue weighted by molar-refractivity contribution is -0.384. The molecule has 2 heterocycles. The number of anilines is 1. The lowest BCUT2D eigenvalue weighted by Gasteiger charge is -2.27. The Bertz CT molecular complexity index is 506. The van der Waals surface area contributed by atoms with Crippen molar-refractivity contribution in [2.24, 2.45) is 0 Å². The van der Waals surface area contributed by atoms with E-state index in [0.29, 0.717) is 24.3 Å². The van der Waals surface area contributed by atoms with Crippen LogP contribution in [0, 0.1) is 17.0 Å². The summed E-state index contributed by atoms with van der Waals surface area (Å²) in [6.45, 7) is 2.82. The molecule has 0 saturated carbocycles. The number of β-amino-alcohol motifs (C(OH)–C–C–N with tert-alkyl or cyclic N) is 1. The van der Waals surface area contributed by atoms with Crippen LogP contribution >= 0.6 is 0 Å². The highest BCUT2D eigenvalue weighted by Crippen LogP contribution is 2.33. The molecule has 20 heavy (non-hydrogen) atoms. The molecule has 1 saturated heterocycles. The van der Waals surface area contributed by atoms with Gasteiger partial charge < -0.3 is 14.9 Å². The van der Waals surface area contributed by atoms with E-state index < -0.39 is 11.0 Å². The predicted molar refractivity (Wildman–Crippen MR) is 75.9 cm³/mol. The van der Waals surface area contributed by atoms with Gasteiger partial charge in [0, 0.05) is 30.9 Å². The van der Waals surface area contributed by atoms with Gasteiger partial charge in [-0.15, -0.1) is 0 Å². The number of aromatic nitrogens is 1. The van der Waals surface area contributed by atoms with Crippen LogP contribution in [0.1, 0.15) is 12.0 Å². The van der Waals surface area contributed by atoms with Crippen LogP contribution in [0.25, 0.3) is 0 Å². The van der Waals surface area contributed by atoms with E-state index in [1.54, 1.807) is 19.2 Å². The van der Waals surface area contributed by atoms with E-state index in [-0.39, 0.29) is 11.7 Å². The third-order valence-corrected chi connectivity index (χ3v) is 3.53. The smallest absolute Gasteiger partial charge is 0.314 e. The lowest BCUT2D eigenvalue weighted by atomic mass is 10.2. The van der Waals surface area contributed by atoms with Gasteiger partial charge in [-0.25, -0.2) is 4.98 Å². The predicted octanol–water partition coefficient (Wildman–Crippen LogP) is 0.799. The summed E-state index contributed by atoms with van der Waals surface area (Å²) in [4.78, 5) is 18.9. The van der Waals surface area contributed by atoms with Crippen molar-refractivity contribution in [2.45, 2.75) is 25.5 Å². The maximum absolute atomic E-state index is 11.3. The Labute approximate surface area is 118 Å².